The van der Waals surface area contributed by atoms with Crippen molar-refractivity contribution in [2.75, 3.05) is 7.05 Å². The van der Waals surface area contributed by atoms with Gasteiger partial charge in [0.25, 0.3) is 0 Å². The molecule has 5 heteroatoms. The molecule has 1 saturated carbocycles. The lowest BCUT2D eigenvalue weighted by Crippen LogP contribution is -2.43. The van der Waals surface area contributed by atoms with Gasteiger partial charge in [-0.3, -0.25) is 9.58 Å². The highest BCUT2D eigenvalue weighted by Gasteiger charge is 2.27. The van der Waals surface area contributed by atoms with Crippen LogP contribution in [0.5, 0.6) is 0 Å². The fraction of sp³-hybridized carbons (Fsp3) is 0.818. The summed E-state index contributed by atoms with van der Waals surface area (Å²) in [6.45, 7) is 0.748. The molecular weight excluding hydrogens is 204 g/mol. The largest absolute Gasteiger partial charge is 0.391 e. The molecule has 0 aliphatic heterocycles. The third-order valence-electron chi connectivity index (χ3n) is 3.46. The Morgan fingerprint density at radius 1 is 1.50 bits per heavy atom. The average molecular weight is 224 g/mol. The summed E-state index contributed by atoms with van der Waals surface area (Å²) in [5.74, 6) is 0.945. The Balaban J connectivity index is 1.96. The lowest BCUT2D eigenvalue weighted by molar-refractivity contribution is 0.0274. The van der Waals surface area contributed by atoms with E-state index in [2.05, 4.69) is 15.0 Å². The highest BCUT2D eigenvalue weighted by molar-refractivity contribution is 4.88. The molecule has 2 rings (SSSR count). The number of nitrogens with zero attached hydrogens (tertiary/aromatic N) is 4. The molecule has 0 spiro atoms. The summed E-state index contributed by atoms with van der Waals surface area (Å²) in [5.41, 5.74) is 0. The van der Waals surface area contributed by atoms with Gasteiger partial charge in [-0.15, -0.1) is 0 Å². The number of aryl methyl sites for hydroxylation is 1. The number of aliphatic hydroxyl groups is 1. The van der Waals surface area contributed by atoms with Gasteiger partial charge in [-0.25, -0.2) is 4.98 Å². The first-order valence-corrected chi connectivity index (χ1v) is 5.89. The summed E-state index contributed by atoms with van der Waals surface area (Å²) in [6, 6.07) is 0.269. The summed E-state index contributed by atoms with van der Waals surface area (Å²) >= 11 is 0. The molecule has 2 unspecified atom stereocenters. The van der Waals surface area contributed by atoms with Gasteiger partial charge in [0.05, 0.1) is 12.6 Å². The standard InChI is InChI=1S/C11H20N4O/c1-14(7-11-12-8-13-15(11)2)9-5-3-4-6-10(9)16/h8-10,16H,3-7H2,1-2H3. The molecule has 0 aromatic carbocycles. The van der Waals surface area contributed by atoms with Gasteiger partial charge in [0.1, 0.15) is 12.2 Å². The molecular formula is C11H20N4O. The van der Waals surface area contributed by atoms with Crippen LogP contribution in [0.1, 0.15) is 31.5 Å². The van der Waals surface area contributed by atoms with Crippen molar-refractivity contribution in [2.45, 2.75) is 44.4 Å². The van der Waals surface area contributed by atoms with Crippen LogP contribution in [0.25, 0.3) is 0 Å². The molecule has 1 heterocycles. The smallest absolute Gasteiger partial charge is 0.140 e. The molecule has 2 atom stereocenters. The maximum Gasteiger partial charge on any atom is 0.140 e. The van der Waals surface area contributed by atoms with Crippen LogP contribution >= 0.6 is 0 Å². The molecule has 1 aromatic heterocycles. The van der Waals surface area contributed by atoms with E-state index in [-0.39, 0.29) is 12.1 Å². The number of aliphatic hydroxyl groups excluding tert-OH is 1. The second-order valence-corrected chi connectivity index (χ2v) is 4.63. The van der Waals surface area contributed by atoms with Crippen LogP contribution in [-0.4, -0.2) is 44.0 Å². The fourth-order valence-electron chi connectivity index (χ4n) is 2.41. The number of rotatable bonds is 3. The zero-order chi connectivity index (χ0) is 11.5. The second kappa shape index (κ2) is 4.93. The van der Waals surface area contributed by atoms with Crippen LogP contribution in [0, 0.1) is 0 Å². The fourth-order valence-corrected chi connectivity index (χ4v) is 2.41. The van der Waals surface area contributed by atoms with Crippen molar-refractivity contribution in [3.8, 4) is 0 Å². The first-order chi connectivity index (χ1) is 7.68. The molecule has 0 amide bonds. The van der Waals surface area contributed by atoms with Crippen molar-refractivity contribution in [3.63, 3.8) is 0 Å². The molecule has 0 radical (unpaired) electrons. The molecule has 16 heavy (non-hydrogen) atoms. The van der Waals surface area contributed by atoms with E-state index in [0.717, 1.165) is 31.6 Å². The lowest BCUT2D eigenvalue weighted by atomic mass is 9.91. The van der Waals surface area contributed by atoms with Gasteiger partial charge in [-0.2, -0.15) is 5.10 Å². The Morgan fingerprint density at radius 3 is 2.88 bits per heavy atom. The van der Waals surface area contributed by atoms with Gasteiger partial charge in [-0.1, -0.05) is 12.8 Å². The second-order valence-electron chi connectivity index (χ2n) is 4.63. The predicted octanol–water partition coefficient (Wildman–Crippen LogP) is 0.550. The van der Waals surface area contributed by atoms with Crippen molar-refractivity contribution in [1.29, 1.82) is 0 Å². The molecule has 1 fully saturated rings. The third-order valence-corrected chi connectivity index (χ3v) is 3.46. The summed E-state index contributed by atoms with van der Waals surface area (Å²) in [4.78, 5) is 6.39. The molecule has 1 aliphatic carbocycles. The van der Waals surface area contributed by atoms with E-state index in [1.807, 2.05) is 14.1 Å². The van der Waals surface area contributed by atoms with Crippen LogP contribution < -0.4 is 0 Å². The summed E-state index contributed by atoms with van der Waals surface area (Å²) in [6.07, 6.45) is 5.75. The Bertz CT molecular complexity index is 338. The minimum Gasteiger partial charge on any atom is -0.391 e. The van der Waals surface area contributed by atoms with E-state index >= 15 is 0 Å². The monoisotopic (exact) mass is 224 g/mol. The molecule has 1 aromatic rings. The number of aromatic nitrogens is 3. The molecule has 5 nitrogen and oxygen atoms in total. The van der Waals surface area contributed by atoms with Crippen molar-refractivity contribution >= 4 is 0 Å². The Morgan fingerprint density at radius 2 is 2.25 bits per heavy atom. The normalized spacial score (nSPS) is 26.2. The maximum atomic E-state index is 9.95. The average Bonchev–Trinajstić information content (AvgIpc) is 2.65. The van der Waals surface area contributed by atoms with Gasteiger partial charge < -0.3 is 5.11 Å². The van der Waals surface area contributed by atoms with Crippen LogP contribution in [0.15, 0.2) is 6.33 Å². The van der Waals surface area contributed by atoms with Crippen molar-refractivity contribution in [3.05, 3.63) is 12.2 Å². The predicted molar refractivity (Wildman–Crippen MR) is 60.7 cm³/mol. The number of likely N-dealkylation sites (N-methyl/N-ethyl adjacent to an activating group) is 1. The van der Waals surface area contributed by atoms with Gasteiger partial charge >= 0.3 is 0 Å². The Labute approximate surface area is 96.1 Å². The van der Waals surface area contributed by atoms with Gasteiger partial charge in [0.2, 0.25) is 0 Å². The molecule has 0 saturated heterocycles. The van der Waals surface area contributed by atoms with E-state index in [4.69, 9.17) is 0 Å². The zero-order valence-corrected chi connectivity index (χ0v) is 10.0. The van der Waals surface area contributed by atoms with Crippen LogP contribution in [0.4, 0.5) is 0 Å². The minimum atomic E-state index is -0.188. The van der Waals surface area contributed by atoms with E-state index in [9.17, 15) is 5.11 Å². The summed E-state index contributed by atoms with van der Waals surface area (Å²) < 4.78 is 1.78. The van der Waals surface area contributed by atoms with E-state index in [0.29, 0.717) is 0 Å². The molecule has 1 aliphatic rings. The van der Waals surface area contributed by atoms with E-state index in [1.54, 1.807) is 11.0 Å². The molecule has 1 N–H and O–H groups in total. The van der Waals surface area contributed by atoms with Crippen molar-refractivity contribution < 1.29 is 5.11 Å². The van der Waals surface area contributed by atoms with Gasteiger partial charge in [0.15, 0.2) is 0 Å². The van der Waals surface area contributed by atoms with Crippen LogP contribution in [-0.2, 0) is 13.6 Å². The maximum absolute atomic E-state index is 9.95. The van der Waals surface area contributed by atoms with E-state index in [1.165, 1.54) is 6.42 Å². The highest BCUT2D eigenvalue weighted by Crippen LogP contribution is 2.23. The third kappa shape index (κ3) is 2.41. The number of hydrogen-bond acceptors (Lipinski definition) is 4. The van der Waals surface area contributed by atoms with E-state index < -0.39 is 0 Å². The SMILES string of the molecule is CN(Cc1ncnn1C)C1CCCCC1O. The van der Waals surface area contributed by atoms with Gasteiger partial charge in [-0.05, 0) is 19.9 Å². The van der Waals surface area contributed by atoms with Crippen molar-refractivity contribution in [2.24, 2.45) is 7.05 Å². The number of hydrogen-bond donors (Lipinski definition) is 1. The Kier molecular flexibility index (Phi) is 3.56. The lowest BCUT2D eigenvalue weighted by Gasteiger charge is -2.34. The minimum absolute atomic E-state index is 0.188. The quantitative estimate of drug-likeness (QED) is 0.814. The van der Waals surface area contributed by atoms with Crippen LogP contribution in [0.3, 0.4) is 0 Å². The first-order valence-electron chi connectivity index (χ1n) is 5.89. The first kappa shape index (κ1) is 11.5. The Hall–Kier alpha value is -0.940. The van der Waals surface area contributed by atoms with Crippen LogP contribution in [0.2, 0.25) is 0 Å². The summed E-state index contributed by atoms with van der Waals surface area (Å²) in [7, 11) is 3.95. The molecule has 0 bridgehead atoms. The zero-order valence-electron chi connectivity index (χ0n) is 10.0. The molecule has 90 valence electrons. The van der Waals surface area contributed by atoms with Crippen molar-refractivity contribution in [1.82, 2.24) is 19.7 Å². The summed E-state index contributed by atoms with van der Waals surface area (Å²) in [5, 5.41) is 14.0. The topological polar surface area (TPSA) is 54.2 Å². The van der Waals surface area contributed by atoms with Gasteiger partial charge in [0, 0.05) is 13.1 Å². The highest BCUT2D eigenvalue weighted by atomic mass is 16.3.